The summed E-state index contributed by atoms with van der Waals surface area (Å²) in [5, 5.41) is 20.7. The quantitative estimate of drug-likeness (QED) is 0.303. The van der Waals surface area contributed by atoms with Crippen LogP contribution in [0.2, 0.25) is 0 Å². The first-order chi connectivity index (χ1) is 16.8. The van der Waals surface area contributed by atoms with E-state index in [4.69, 9.17) is 4.74 Å². The van der Waals surface area contributed by atoms with E-state index in [1.54, 1.807) is 30.3 Å². The summed E-state index contributed by atoms with van der Waals surface area (Å²) < 4.78 is 5.71. The molecule has 11 nitrogen and oxygen atoms in total. The van der Waals surface area contributed by atoms with E-state index in [0.29, 0.717) is 28.8 Å². The number of carbonyl (C=O) groups is 2. The second kappa shape index (κ2) is 12.5. The van der Waals surface area contributed by atoms with Gasteiger partial charge in [0.2, 0.25) is 0 Å². The van der Waals surface area contributed by atoms with Crippen molar-refractivity contribution in [3.05, 3.63) is 56.3 Å². The zero-order chi connectivity index (χ0) is 25.4. The van der Waals surface area contributed by atoms with Crippen molar-refractivity contribution in [2.45, 2.75) is 25.3 Å². The molecule has 1 aromatic carbocycles. The SMILES string of the molecule is CNc1cncc(C(=O)NC[C@@H](COC)Nc2c(C(=O)N3CCCCC3)cc(Br)cc2[N+](=O)[O-])c1. The average molecular weight is 549 g/mol. The van der Waals surface area contributed by atoms with E-state index in [2.05, 4.69) is 36.9 Å². The van der Waals surface area contributed by atoms with Crippen molar-refractivity contribution >= 4 is 44.8 Å². The van der Waals surface area contributed by atoms with Crippen LogP contribution in [0, 0.1) is 10.1 Å². The summed E-state index contributed by atoms with van der Waals surface area (Å²) >= 11 is 3.30. The van der Waals surface area contributed by atoms with E-state index >= 15 is 0 Å². The molecule has 2 heterocycles. The van der Waals surface area contributed by atoms with Crippen LogP contribution in [0.4, 0.5) is 17.1 Å². The van der Waals surface area contributed by atoms with Gasteiger partial charge in [-0.05, 0) is 31.4 Å². The molecule has 1 aliphatic rings. The Morgan fingerprint density at radius 1 is 1.23 bits per heavy atom. The zero-order valence-corrected chi connectivity index (χ0v) is 21.3. The lowest BCUT2D eigenvalue weighted by Gasteiger charge is -2.28. The number of nitrogens with one attached hydrogen (secondary N) is 3. The smallest absolute Gasteiger partial charge is 0.294 e. The van der Waals surface area contributed by atoms with Gasteiger partial charge in [0.05, 0.1) is 34.4 Å². The third-order valence-electron chi connectivity index (χ3n) is 5.67. The maximum absolute atomic E-state index is 13.3. The van der Waals surface area contributed by atoms with Gasteiger partial charge in [0.25, 0.3) is 17.5 Å². The number of amides is 2. The standard InChI is InChI=1S/C23H29BrN6O5/c1-25-17-8-15(11-26-12-17)22(31)27-13-18(14-35-2)28-21-19(9-16(24)10-20(21)30(33)34)23(32)29-6-4-3-5-7-29/h8-12,18,25,28H,3-7,13-14H2,1-2H3,(H,27,31)/t18-/m0/s1. The van der Waals surface area contributed by atoms with Gasteiger partial charge >= 0.3 is 0 Å². The molecule has 3 rings (SSSR count). The summed E-state index contributed by atoms with van der Waals surface area (Å²) in [6, 6.07) is 4.06. The van der Waals surface area contributed by atoms with E-state index in [9.17, 15) is 19.7 Å². The number of ether oxygens (including phenoxy) is 1. The van der Waals surface area contributed by atoms with Crippen LogP contribution in [0.25, 0.3) is 0 Å². The molecule has 0 spiro atoms. The number of halogens is 1. The van der Waals surface area contributed by atoms with E-state index in [1.165, 1.54) is 19.4 Å². The molecule has 2 aromatic rings. The van der Waals surface area contributed by atoms with Gasteiger partial charge < -0.3 is 25.6 Å². The number of rotatable bonds is 10. The molecule has 0 saturated carbocycles. The van der Waals surface area contributed by atoms with Crippen LogP contribution in [-0.2, 0) is 4.74 Å². The highest BCUT2D eigenvalue weighted by atomic mass is 79.9. The number of carbonyl (C=O) groups excluding carboxylic acids is 2. The Hall–Kier alpha value is -3.25. The van der Waals surface area contributed by atoms with Crippen LogP contribution in [0.3, 0.4) is 0 Å². The number of hydrogen-bond donors (Lipinski definition) is 3. The van der Waals surface area contributed by atoms with Gasteiger partial charge in [0.1, 0.15) is 5.69 Å². The molecule has 0 aliphatic carbocycles. The Balaban J connectivity index is 1.85. The van der Waals surface area contributed by atoms with E-state index in [0.717, 1.165) is 19.3 Å². The number of nitro groups is 1. The highest BCUT2D eigenvalue weighted by Crippen LogP contribution is 2.34. The lowest BCUT2D eigenvalue weighted by atomic mass is 10.1. The van der Waals surface area contributed by atoms with Crippen LogP contribution < -0.4 is 16.0 Å². The second-order valence-electron chi connectivity index (χ2n) is 8.18. The summed E-state index contributed by atoms with van der Waals surface area (Å²) in [7, 11) is 3.22. The lowest BCUT2D eigenvalue weighted by molar-refractivity contribution is -0.384. The van der Waals surface area contributed by atoms with Crippen molar-refractivity contribution in [3.63, 3.8) is 0 Å². The summed E-state index contributed by atoms with van der Waals surface area (Å²) in [6.45, 7) is 1.45. The van der Waals surface area contributed by atoms with E-state index < -0.39 is 11.0 Å². The number of methoxy groups -OCH3 is 1. The minimum atomic E-state index is -0.544. The molecule has 1 saturated heterocycles. The minimum Gasteiger partial charge on any atom is -0.387 e. The molecular weight excluding hydrogens is 520 g/mol. The third-order valence-corrected chi connectivity index (χ3v) is 6.12. The van der Waals surface area contributed by atoms with Crippen molar-refractivity contribution in [1.82, 2.24) is 15.2 Å². The first-order valence-electron chi connectivity index (χ1n) is 11.3. The third kappa shape index (κ3) is 6.89. The number of nitrogens with zero attached hydrogens (tertiary/aromatic N) is 3. The highest BCUT2D eigenvalue weighted by molar-refractivity contribution is 9.10. The molecule has 0 radical (unpaired) electrons. The number of hydrogen-bond acceptors (Lipinski definition) is 8. The van der Waals surface area contributed by atoms with Crippen LogP contribution in [0.5, 0.6) is 0 Å². The Kier molecular flexibility index (Phi) is 9.38. The topological polar surface area (TPSA) is 139 Å². The number of likely N-dealkylation sites (tertiary alicyclic amines) is 1. The summed E-state index contributed by atoms with van der Waals surface area (Å²) in [5.41, 5.74) is 1.12. The molecular formula is C23H29BrN6O5. The van der Waals surface area contributed by atoms with Gasteiger partial charge in [0.15, 0.2) is 0 Å². The first-order valence-corrected chi connectivity index (χ1v) is 12.1. The van der Waals surface area contributed by atoms with Crippen LogP contribution >= 0.6 is 15.9 Å². The first kappa shape index (κ1) is 26.4. The second-order valence-corrected chi connectivity index (χ2v) is 9.09. The Bertz CT molecular complexity index is 1080. The fourth-order valence-corrected chi connectivity index (χ4v) is 4.35. The molecule has 0 unspecified atom stereocenters. The van der Waals surface area contributed by atoms with Crippen LogP contribution in [-0.4, -0.2) is 73.1 Å². The molecule has 2 amide bonds. The number of aromatic nitrogens is 1. The Labute approximate surface area is 211 Å². The van der Waals surface area contributed by atoms with E-state index in [1.807, 2.05) is 0 Å². The van der Waals surface area contributed by atoms with Gasteiger partial charge in [-0.3, -0.25) is 24.7 Å². The summed E-state index contributed by atoms with van der Waals surface area (Å²) in [6.07, 6.45) is 5.89. The average Bonchev–Trinajstić information content (AvgIpc) is 2.87. The molecule has 1 aromatic heterocycles. The van der Waals surface area contributed by atoms with Gasteiger partial charge in [0, 0.05) is 56.7 Å². The largest absolute Gasteiger partial charge is 0.387 e. The number of anilines is 2. The molecule has 1 atom stereocenters. The van der Waals surface area contributed by atoms with Crippen molar-refractivity contribution in [1.29, 1.82) is 0 Å². The van der Waals surface area contributed by atoms with Crippen molar-refractivity contribution in [3.8, 4) is 0 Å². The molecule has 1 aliphatic heterocycles. The Morgan fingerprint density at radius 3 is 2.63 bits per heavy atom. The van der Waals surface area contributed by atoms with Crippen molar-refractivity contribution in [2.24, 2.45) is 0 Å². The van der Waals surface area contributed by atoms with Crippen LogP contribution in [0.1, 0.15) is 40.0 Å². The normalized spacial score (nSPS) is 14.2. The van der Waals surface area contributed by atoms with Crippen molar-refractivity contribution in [2.75, 3.05) is 51.0 Å². The van der Waals surface area contributed by atoms with Gasteiger partial charge in [-0.2, -0.15) is 0 Å². The lowest BCUT2D eigenvalue weighted by Crippen LogP contribution is -2.40. The molecule has 35 heavy (non-hydrogen) atoms. The van der Waals surface area contributed by atoms with E-state index in [-0.39, 0.29) is 41.9 Å². The molecule has 12 heteroatoms. The molecule has 0 bridgehead atoms. The number of pyridine rings is 1. The fraction of sp³-hybridized carbons (Fsp3) is 0.435. The monoisotopic (exact) mass is 548 g/mol. The number of nitro benzene ring substituents is 1. The van der Waals surface area contributed by atoms with Crippen LogP contribution in [0.15, 0.2) is 35.1 Å². The summed E-state index contributed by atoms with van der Waals surface area (Å²) in [5.74, 6) is -0.626. The summed E-state index contributed by atoms with van der Waals surface area (Å²) in [4.78, 5) is 43.1. The minimum absolute atomic E-state index is 0.0982. The molecule has 1 fully saturated rings. The number of benzene rings is 1. The predicted molar refractivity (Wildman–Crippen MR) is 136 cm³/mol. The van der Waals surface area contributed by atoms with Crippen molar-refractivity contribution < 1.29 is 19.2 Å². The molecule has 3 N–H and O–H groups in total. The fourth-order valence-electron chi connectivity index (χ4n) is 3.90. The maximum atomic E-state index is 13.3. The molecule has 188 valence electrons. The predicted octanol–water partition coefficient (Wildman–Crippen LogP) is 3.28. The van der Waals surface area contributed by atoms with Gasteiger partial charge in [-0.25, -0.2) is 0 Å². The number of piperidine rings is 1. The zero-order valence-electron chi connectivity index (χ0n) is 19.7. The maximum Gasteiger partial charge on any atom is 0.294 e. The highest BCUT2D eigenvalue weighted by Gasteiger charge is 2.29. The Morgan fingerprint density at radius 2 is 1.97 bits per heavy atom. The van der Waals surface area contributed by atoms with Gasteiger partial charge in [-0.1, -0.05) is 15.9 Å². The van der Waals surface area contributed by atoms with Gasteiger partial charge in [-0.15, -0.1) is 0 Å².